The number of hydrogen-bond donors (Lipinski definition) is 2. The molecule has 0 unspecified atom stereocenters. The molecule has 0 aliphatic carbocycles. The average molecular weight is 332 g/mol. The third-order valence-corrected chi connectivity index (χ3v) is 3.52. The van der Waals surface area contributed by atoms with Gasteiger partial charge >= 0.3 is 11.7 Å². The maximum atomic E-state index is 12.3. The lowest BCUT2D eigenvalue weighted by Gasteiger charge is -2.12. The zero-order valence-corrected chi connectivity index (χ0v) is 13.3. The van der Waals surface area contributed by atoms with Gasteiger partial charge in [-0.3, -0.25) is 18.7 Å². The molecule has 3 N–H and O–H groups in total. The molecule has 0 saturated carbocycles. The van der Waals surface area contributed by atoms with E-state index in [0.717, 1.165) is 9.13 Å². The number of anilines is 2. The molecule has 0 fully saturated rings. The molecule has 0 spiro atoms. The quantitative estimate of drug-likeness (QED) is 0.744. The van der Waals surface area contributed by atoms with E-state index in [4.69, 9.17) is 5.73 Å². The molecule has 1 aromatic carbocycles. The summed E-state index contributed by atoms with van der Waals surface area (Å²) in [7, 11) is 3.92. The van der Waals surface area contributed by atoms with Crippen LogP contribution in [0, 0.1) is 0 Å². The van der Waals surface area contributed by atoms with Crippen LogP contribution in [0.4, 0.5) is 11.5 Å². The summed E-state index contributed by atoms with van der Waals surface area (Å²) >= 11 is 0. The lowest BCUT2D eigenvalue weighted by Crippen LogP contribution is -2.40. The SMILES string of the molecule is COC(=O)c1ccc(C(=O)Nc2c(N)n(C)c(=O)n(C)c2=O)cc1. The van der Waals surface area contributed by atoms with Crippen molar-refractivity contribution in [1.82, 2.24) is 9.13 Å². The van der Waals surface area contributed by atoms with Gasteiger partial charge in [0.2, 0.25) is 0 Å². The fourth-order valence-corrected chi connectivity index (χ4v) is 2.04. The zero-order chi connectivity index (χ0) is 18.0. The van der Waals surface area contributed by atoms with Crippen molar-refractivity contribution in [3.63, 3.8) is 0 Å². The van der Waals surface area contributed by atoms with Gasteiger partial charge in [-0.25, -0.2) is 9.59 Å². The van der Waals surface area contributed by atoms with Crippen molar-refractivity contribution in [2.75, 3.05) is 18.2 Å². The van der Waals surface area contributed by atoms with Gasteiger partial charge in [0.15, 0.2) is 0 Å². The molecule has 0 bridgehead atoms. The third-order valence-electron chi connectivity index (χ3n) is 3.52. The fourth-order valence-electron chi connectivity index (χ4n) is 2.04. The summed E-state index contributed by atoms with van der Waals surface area (Å²) in [6.45, 7) is 0. The third kappa shape index (κ3) is 2.91. The largest absolute Gasteiger partial charge is 0.465 e. The Kier molecular flexibility index (Phi) is 4.54. The van der Waals surface area contributed by atoms with Gasteiger partial charge in [0, 0.05) is 19.7 Å². The summed E-state index contributed by atoms with van der Waals surface area (Å²) in [5.41, 5.74) is 4.72. The number of nitrogens with zero attached hydrogens (tertiary/aromatic N) is 2. The van der Waals surface area contributed by atoms with E-state index < -0.39 is 23.1 Å². The minimum absolute atomic E-state index is 0.150. The first-order chi connectivity index (χ1) is 11.3. The topological polar surface area (TPSA) is 125 Å². The molecule has 1 amide bonds. The van der Waals surface area contributed by atoms with Crippen LogP contribution in [0.15, 0.2) is 33.9 Å². The molecular formula is C15H16N4O5. The summed E-state index contributed by atoms with van der Waals surface area (Å²) in [5, 5.41) is 2.39. The van der Waals surface area contributed by atoms with E-state index in [0.29, 0.717) is 0 Å². The highest BCUT2D eigenvalue weighted by Crippen LogP contribution is 2.12. The number of amides is 1. The van der Waals surface area contributed by atoms with E-state index in [-0.39, 0.29) is 22.6 Å². The number of nitrogens with two attached hydrogens (primary N) is 1. The summed E-state index contributed by atoms with van der Waals surface area (Å²) in [5.74, 6) is -1.28. The van der Waals surface area contributed by atoms with Gasteiger partial charge in [0.1, 0.15) is 11.5 Å². The monoisotopic (exact) mass is 332 g/mol. The molecule has 0 aliphatic heterocycles. The predicted octanol–water partition coefficient (Wildman–Crippen LogP) is -0.295. The number of methoxy groups -OCH3 is 1. The van der Waals surface area contributed by atoms with Gasteiger partial charge in [-0.2, -0.15) is 0 Å². The Hall–Kier alpha value is -3.36. The van der Waals surface area contributed by atoms with Crippen molar-refractivity contribution in [1.29, 1.82) is 0 Å². The summed E-state index contributed by atoms with van der Waals surface area (Å²) in [4.78, 5) is 47.5. The molecule has 126 valence electrons. The van der Waals surface area contributed by atoms with E-state index in [1.54, 1.807) is 0 Å². The lowest BCUT2D eigenvalue weighted by atomic mass is 10.1. The van der Waals surface area contributed by atoms with Crippen LogP contribution in [0.1, 0.15) is 20.7 Å². The summed E-state index contributed by atoms with van der Waals surface area (Å²) in [6.07, 6.45) is 0. The molecular weight excluding hydrogens is 316 g/mol. The van der Waals surface area contributed by atoms with E-state index in [1.165, 1.54) is 45.5 Å². The molecule has 1 heterocycles. The Labute approximate surface area is 136 Å². The number of nitrogen functional groups attached to an aromatic ring is 1. The predicted molar refractivity (Wildman–Crippen MR) is 87.1 cm³/mol. The summed E-state index contributed by atoms with van der Waals surface area (Å²) < 4.78 is 6.46. The van der Waals surface area contributed by atoms with E-state index in [9.17, 15) is 19.2 Å². The Morgan fingerprint density at radius 3 is 2.12 bits per heavy atom. The number of esters is 1. The van der Waals surface area contributed by atoms with E-state index in [2.05, 4.69) is 10.1 Å². The van der Waals surface area contributed by atoms with E-state index >= 15 is 0 Å². The maximum absolute atomic E-state index is 12.3. The standard InChI is InChI=1S/C15H16N4O5/c1-18-11(16)10(13(21)19(2)15(18)23)17-12(20)8-4-6-9(7-5-8)14(22)24-3/h4-7H,16H2,1-3H3,(H,17,20). The minimum atomic E-state index is -0.713. The molecule has 1 aromatic heterocycles. The second-order valence-electron chi connectivity index (χ2n) is 4.99. The highest BCUT2D eigenvalue weighted by Gasteiger charge is 2.17. The van der Waals surface area contributed by atoms with Gasteiger partial charge in [-0.15, -0.1) is 0 Å². The van der Waals surface area contributed by atoms with Crippen molar-refractivity contribution in [2.45, 2.75) is 0 Å². The Balaban J connectivity index is 2.36. The second kappa shape index (κ2) is 6.41. The molecule has 2 rings (SSSR count). The van der Waals surface area contributed by atoms with E-state index in [1.807, 2.05) is 0 Å². The molecule has 24 heavy (non-hydrogen) atoms. The van der Waals surface area contributed by atoms with Gasteiger partial charge in [-0.05, 0) is 24.3 Å². The highest BCUT2D eigenvalue weighted by atomic mass is 16.5. The van der Waals surface area contributed by atoms with Gasteiger partial charge < -0.3 is 15.8 Å². The fraction of sp³-hybridized carbons (Fsp3) is 0.200. The molecule has 0 saturated heterocycles. The summed E-state index contributed by atoms with van der Waals surface area (Å²) in [6, 6.07) is 5.65. The second-order valence-corrected chi connectivity index (χ2v) is 4.99. The van der Waals surface area contributed by atoms with Crippen LogP contribution in [0.5, 0.6) is 0 Å². The zero-order valence-electron chi connectivity index (χ0n) is 13.3. The highest BCUT2D eigenvalue weighted by molar-refractivity contribution is 6.05. The van der Waals surface area contributed by atoms with Crippen LogP contribution < -0.4 is 22.3 Å². The number of ether oxygens (including phenoxy) is 1. The molecule has 9 heteroatoms. The Bertz CT molecular complexity index is 925. The van der Waals surface area contributed by atoms with Crippen LogP contribution in [0.3, 0.4) is 0 Å². The molecule has 0 atom stereocenters. The van der Waals surface area contributed by atoms with Crippen LogP contribution in [0.2, 0.25) is 0 Å². The normalized spacial score (nSPS) is 10.3. The number of carbonyl (C=O) groups is 2. The average Bonchev–Trinajstić information content (AvgIpc) is 2.61. The van der Waals surface area contributed by atoms with Crippen LogP contribution in [-0.4, -0.2) is 28.1 Å². The van der Waals surface area contributed by atoms with Crippen molar-refractivity contribution in [2.24, 2.45) is 14.1 Å². The molecule has 2 aromatic rings. The number of hydrogen-bond acceptors (Lipinski definition) is 6. The van der Waals surface area contributed by atoms with Gasteiger partial charge in [-0.1, -0.05) is 0 Å². The van der Waals surface area contributed by atoms with Crippen molar-refractivity contribution < 1.29 is 14.3 Å². The molecule has 0 radical (unpaired) electrons. The first-order valence-electron chi connectivity index (χ1n) is 6.83. The van der Waals surface area contributed by atoms with Crippen LogP contribution in [0.25, 0.3) is 0 Å². The number of aromatic nitrogens is 2. The Morgan fingerprint density at radius 2 is 1.58 bits per heavy atom. The lowest BCUT2D eigenvalue weighted by molar-refractivity contribution is 0.0600. The maximum Gasteiger partial charge on any atom is 0.337 e. The van der Waals surface area contributed by atoms with Crippen molar-refractivity contribution >= 4 is 23.4 Å². The van der Waals surface area contributed by atoms with Crippen LogP contribution >= 0.6 is 0 Å². The number of benzene rings is 1. The molecule has 9 nitrogen and oxygen atoms in total. The first-order valence-corrected chi connectivity index (χ1v) is 6.83. The van der Waals surface area contributed by atoms with Crippen molar-refractivity contribution in [3.05, 3.63) is 56.2 Å². The first kappa shape index (κ1) is 17.0. The minimum Gasteiger partial charge on any atom is -0.465 e. The molecule has 0 aliphatic rings. The number of carbonyl (C=O) groups excluding carboxylic acids is 2. The Morgan fingerprint density at radius 1 is 1.04 bits per heavy atom. The van der Waals surface area contributed by atoms with Crippen molar-refractivity contribution in [3.8, 4) is 0 Å². The van der Waals surface area contributed by atoms with Gasteiger partial charge in [0.25, 0.3) is 11.5 Å². The van der Waals surface area contributed by atoms with Gasteiger partial charge in [0.05, 0.1) is 12.7 Å². The number of rotatable bonds is 3. The van der Waals surface area contributed by atoms with Crippen LogP contribution in [-0.2, 0) is 18.8 Å². The smallest absolute Gasteiger partial charge is 0.337 e. The number of nitrogens with one attached hydrogen (secondary N) is 1.